The summed E-state index contributed by atoms with van der Waals surface area (Å²) in [6.07, 6.45) is 0.745. The summed E-state index contributed by atoms with van der Waals surface area (Å²) in [4.78, 5) is 23.3. The highest BCUT2D eigenvalue weighted by atomic mass is 127. The third-order valence-electron chi connectivity index (χ3n) is 3.16. The first kappa shape index (κ1) is 19.4. The lowest BCUT2D eigenvalue weighted by Gasteiger charge is -2.18. The van der Waals surface area contributed by atoms with E-state index in [2.05, 4.69) is 59.8 Å². The fourth-order valence-corrected chi connectivity index (χ4v) is 3.68. The number of rotatable bonds is 7. The van der Waals surface area contributed by atoms with E-state index in [9.17, 15) is 9.59 Å². The predicted molar refractivity (Wildman–Crippen MR) is 109 cm³/mol. The van der Waals surface area contributed by atoms with Crippen molar-refractivity contribution in [3.63, 3.8) is 0 Å². The molecule has 0 aromatic heterocycles. The molecule has 1 unspecified atom stereocenters. The summed E-state index contributed by atoms with van der Waals surface area (Å²) in [5.41, 5.74) is 1.65. The Labute approximate surface area is 170 Å². The quantitative estimate of drug-likeness (QED) is 0.224. The fourth-order valence-electron chi connectivity index (χ4n) is 1.99. The van der Waals surface area contributed by atoms with Crippen molar-refractivity contribution in [2.24, 2.45) is 0 Å². The van der Waals surface area contributed by atoms with E-state index >= 15 is 0 Å². The number of anilines is 1. The highest BCUT2D eigenvalue weighted by molar-refractivity contribution is 14.1. The standard InChI is InChI=1S/C17H14Br2INO3/c18-12-8-13(19)16(20)15(9-12)21-14(6-7-22)17(23)24-10-11-4-2-1-3-5-11/h1-5,7-9,14,21H,6,10H2. The Kier molecular flexibility index (Phi) is 7.70. The first-order valence-electron chi connectivity index (χ1n) is 7.06. The van der Waals surface area contributed by atoms with Crippen molar-refractivity contribution in [2.45, 2.75) is 19.1 Å². The lowest BCUT2D eigenvalue weighted by atomic mass is 10.2. The number of esters is 1. The van der Waals surface area contributed by atoms with Crippen LogP contribution < -0.4 is 5.32 Å². The van der Waals surface area contributed by atoms with Gasteiger partial charge in [0.05, 0.1) is 9.26 Å². The molecule has 2 aromatic carbocycles. The zero-order valence-electron chi connectivity index (χ0n) is 12.5. The molecule has 0 radical (unpaired) electrons. The second-order valence-electron chi connectivity index (χ2n) is 4.94. The van der Waals surface area contributed by atoms with Crippen LogP contribution in [0.25, 0.3) is 0 Å². The van der Waals surface area contributed by atoms with Gasteiger partial charge in [0.15, 0.2) is 0 Å². The predicted octanol–water partition coefficient (Wildman–Crippen LogP) is 4.93. The molecule has 1 N–H and O–H groups in total. The Hall–Kier alpha value is -0.930. The molecule has 7 heteroatoms. The molecular weight excluding hydrogens is 553 g/mol. The molecular formula is C17H14Br2INO3. The maximum atomic E-state index is 12.3. The van der Waals surface area contributed by atoms with Crippen molar-refractivity contribution in [2.75, 3.05) is 5.32 Å². The molecule has 2 aromatic rings. The minimum absolute atomic E-state index is 0.0356. The summed E-state index contributed by atoms with van der Waals surface area (Å²) < 4.78 is 8.00. The second kappa shape index (κ2) is 9.53. The molecule has 2 rings (SSSR count). The van der Waals surface area contributed by atoms with Gasteiger partial charge in [0, 0.05) is 15.4 Å². The number of carbonyl (C=O) groups excluding carboxylic acids is 2. The van der Waals surface area contributed by atoms with Gasteiger partial charge in [0.1, 0.15) is 18.9 Å². The Morgan fingerprint density at radius 1 is 1.25 bits per heavy atom. The van der Waals surface area contributed by atoms with E-state index in [1.165, 1.54) is 0 Å². The molecule has 0 fully saturated rings. The van der Waals surface area contributed by atoms with Gasteiger partial charge >= 0.3 is 5.97 Å². The number of nitrogens with one attached hydrogen (secondary N) is 1. The van der Waals surface area contributed by atoms with E-state index in [1.807, 2.05) is 42.5 Å². The number of carbonyl (C=O) groups is 2. The van der Waals surface area contributed by atoms with Crippen LogP contribution in [0.1, 0.15) is 12.0 Å². The van der Waals surface area contributed by atoms with Gasteiger partial charge in [-0.3, -0.25) is 0 Å². The van der Waals surface area contributed by atoms with Crippen LogP contribution in [0.2, 0.25) is 0 Å². The van der Waals surface area contributed by atoms with Crippen LogP contribution in [0.5, 0.6) is 0 Å². The van der Waals surface area contributed by atoms with Gasteiger partial charge in [0.25, 0.3) is 0 Å². The zero-order chi connectivity index (χ0) is 17.5. The van der Waals surface area contributed by atoms with E-state index in [0.29, 0.717) is 6.29 Å². The average molecular weight is 567 g/mol. The zero-order valence-corrected chi connectivity index (χ0v) is 17.8. The molecule has 1 atom stereocenters. The molecule has 0 heterocycles. The van der Waals surface area contributed by atoms with Crippen LogP contribution in [0.4, 0.5) is 5.69 Å². The maximum absolute atomic E-state index is 12.3. The maximum Gasteiger partial charge on any atom is 0.329 e. The molecule has 0 aliphatic rings. The Balaban J connectivity index is 2.08. The second-order valence-corrected chi connectivity index (χ2v) is 7.79. The number of hydrogen-bond donors (Lipinski definition) is 1. The monoisotopic (exact) mass is 565 g/mol. The van der Waals surface area contributed by atoms with Crippen LogP contribution in [-0.4, -0.2) is 18.3 Å². The highest BCUT2D eigenvalue weighted by Gasteiger charge is 2.21. The molecule has 0 amide bonds. The number of benzene rings is 2. The van der Waals surface area contributed by atoms with Crippen LogP contribution in [0.15, 0.2) is 51.4 Å². The van der Waals surface area contributed by atoms with E-state index in [4.69, 9.17) is 4.74 Å². The van der Waals surface area contributed by atoms with Gasteiger partial charge in [-0.25, -0.2) is 4.79 Å². The number of aldehydes is 1. The lowest BCUT2D eigenvalue weighted by molar-refractivity contribution is -0.146. The van der Waals surface area contributed by atoms with Gasteiger partial charge in [-0.15, -0.1) is 0 Å². The molecule has 0 aliphatic heterocycles. The summed E-state index contributed by atoms with van der Waals surface area (Å²) in [6.45, 7) is 0.177. The number of ether oxygens (including phenoxy) is 1. The Morgan fingerprint density at radius 2 is 1.96 bits per heavy atom. The van der Waals surface area contributed by atoms with Crippen LogP contribution in [0, 0.1) is 3.57 Å². The Morgan fingerprint density at radius 3 is 2.62 bits per heavy atom. The van der Waals surface area contributed by atoms with Crippen molar-refractivity contribution < 1.29 is 14.3 Å². The van der Waals surface area contributed by atoms with Crippen molar-refractivity contribution in [1.82, 2.24) is 0 Å². The van der Waals surface area contributed by atoms with Crippen molar-refractivity contribution in [1.29, 1.82) is 0 Å². The molecule has 0 spiro atoms. The van der Waals surface area contributed by atoms with Gasteiger partial charge in [-0.2, -0.15) is 0 Å². The first-order chi connectivity index (χ1) is 11.5. The van der Waals surface area contributed by atoms with Crippen molar-refractivity contribution in [3.05, 3.63) is 60.5 Å². The van der Waals surface area contributed by atoms with E-state index in [-0.39, 0.29) is 13.0 Å². The van der Waals surface area contributed by atoms with Gasteiger partial charge < -0.3 is 14.8 Å². The molecule has 0 bridgehead atoms. The summed E-state index contributed by atoms with van der Waals surface area (Å²) >= 11 is 9.04. The SMILES string of the molecule is O=CCC(Nc1cc(Br)cc(Br)c1I)C(=O)OCc1ccccc1. The van der Waals surface area contributed by atoms with Crippen molar-refractivity contribution in [3.8, 4) is 0 Å². The molecule has 0 saturated heterocycles. The third kappa shape index (κ3) is 5.56. The molecule has 24 heavy (non-hydrogen) atoms. The summed E-state index contributed by atoms with van der Waals surface area (Å²) in [5, 5.41) is 3.09. The van der Waals surface area contributed by atoms with E-state index in [0.717, 1.165) is 23.8 Å². The largest absolute Gasteiger partial charge is 0.459 e. The molecule has 0 saturated carbocycles. The van der Waals surface area contributed by atoms with Crippen LogP contribution in [-0.2, 0) is 20.9 Å². The third-order valence-corrected chi connectivity index (χ3v) is 6.15. The van der Waals surface area contributed by atoms with Gasteiger partial charge in [-0.05, 0) is 56.2 Å². The van der Waals surface area contributed by atoms with Gasteiger partial charge in [-0.1, -0.05) is 46.3 Å². The molecule has 0 aliphatic carbocycles. The summed E-state index contributed by atoms with van der Waals surface area (Å²) in [7, 11) is 0. The average Bonchev–Trinajstić information content (AvgIpc) is 2.57. The highest BCUT2D eigenvalue weighted by Crippen LogP contribution is 2.31. The minimum atomic E-state index is -0.735. The minimum Gasteiger partial charge on any atom is -0.459 e. The summed E-state index contributed by atoms with van der Waals surface area (Å²) in [5.74, 6) is -0.460. The number of halogens is 3. The van der Waals surface area contributed by atoms with Crippen LogP contribution >= 0.6 is 54.5 Å². The topological polar surface area (TPSA) is 55.4 Å². The normalized spacial score (nSPS) is 11.6. The van der Waals surface area contributed by atoms with Crippen LogP contribution in [0.3, 0.4) is 0 Å². The van der Waals surface area contributed by atoms with E-state index < -0.39 is 12.0 Å². The fraction of sp³-hybridized carbons (Fsp3) is 0.176. The molecule has 126 valence electrons. The van der Waals surface area contributed by atoms with E-state index in [1.54, 1.807) is 0 Å². The Bertz CT molecular complexity index is 725. The molecule has 4 nitrogen and oxygen atoms in total. The van der Waals surface area contributed by atoms with Gasteiger partial charge in [0.2, 0.25) is 0 Å². The summed E-state index contributed by atoms with van der Waals surface area (Å²) in [6, 6.07) is 12.4. The smallest absolute Gasteiger partial charge is 0.329 e. The first-order valence-corrected chi connectivity index (χ1v) is 9.73. The van der Waals surface area contributed by atoms with Crippen molar-refractivity contribution >= 4 is 72.4 Å². The number of hydrogen-bond acceptors (Lipinski definition) is 4. The lowest BCUT2D eigenvalue weighted by Crippen LogP contribution is -2.32.